The maximum absolute atomic E-state index is 13.0. The number of rotatable bonds is 8. The molecular weight excluding hydrogens is 381 g/mol. The number of halogens is 1. The summed E-state index contributed by atoms with van der Waals surface area (Å²) in [6, 6.07) is 13.3. The summed E-state index contributed by atoms with van der Waals surface area (Å²) in [7, 11) is 3.39. The quantitative estimate of drug-likeness (QED) is 0.564. The van der Waals surface area contributed by atoms with E-state index in [1.165, 1.54) is 23.9 Å². The molecule has 0 aliphatic rings. The maximum Gasteiger partial charge on any atom is 0.234 e. The van der Waals surface area contributed by atoms with Crippen molar-refractivity contribution in [3.8, 4) is 5.75 Å². The van der Waals surface area contributed by atoms with Gasteiger partial charge in [0.05, 0.1) is 25.1 Å². The van der Waals surface area contributed by atoms with Crippen LogP contribution in [-0.4, -0.2) is 33.5 Å². The summed E-state index contributed by atoms with van der Waals surface area (Å²) in [6.07, 6.45) is 0. The molecule has 7 nitrogen and oxygen atoms in total. The highest BCUT2D eigenvalue weighted by molar-refractivity contribution is 7.99. The minimum atomic E-state index is -0.283. The van der Waals surface area contributed by atoms with Gasteiger partial charge in [0.2, 0.25) is 5.91 Å². The van der Waals surface area contributed by atoms with Gasteiger partial charge in [0.1, 0.15) is 11.6 Å². The SMILES string of the molecule is COc1ccccc1NC(=O)CSc1nnc(CNc2ccc(F)cc2)n1C. The second kappa shape index (κ2) is 9.23. The molecule has 1 heterocycles. The van der Waals surface area contributed by atoms with Crippen LogP contribution < -0.4 is 15.4 Å². The summed E-state index contributed by atoms with van der Waals surface area (Å²) in [5.74, 6) is 1.05. The minimum absolute atomic E-state index is 0.163. The third-order valence-corrected chi connectivity index (χ3v) is 4.95. The second-order valence-electron chi connectivity index (χ2n) is 5.86. The van der Waals surface area contributed by atoms with Gasteiger partial charge in [-0.25, -0.2) is 4.39 Å². The maximum atomic E-state index is 13.0. The van der Waals surface area contributed by atoms with Crippen molar-refractivity contribution in [1.29, 1.82) is 0 Å². The van der Waals surface area contributed by atoms with Crippen molar-refractivity contribution in [2.45, 2.75) is 11.7 Å². The van der Waals surface area contributed by atoms with Gasteiger partial charge in [0.25, 0.3) is 0 Å². The van der Waals surface area contributed by atoms with Gasteiger partial charge >= 0.3 is 0 Å². The number of ether oxygens (including phenoxy) is 1. The monoisotopic (exact) mass is 401 g/mol. The first-order valence-electron chi connectivity index (χ1n) is 8.50. The van der Waals surface area contributed by atoms with Gasteiger partial charge in [-0.05, 0) is 36.4 Å². The Morgan fingerprint density at radius 2 is 1.93 bits per heavy atom. The average molecular weight is 401 g/mol. The van der Waals surface area contributed by atoms with E-state index in [2.05, 4.69) is 20.8 Å². The molecule has 0 aliphatic carbocycles. The van der Waals surface area contributed by atoms with Crippen molar-refractivity contribution >= 4 is 29.0 Å². The molecular formula is C19H20FN5O2S. The normalized spacial score (nSPS) is 10.5. The largest absolute Gasteiger partial charge is 0.495 e. The summed E-state index contributed by atoms with van der Waals surface area (Å²) in [4.78, 5) is 12.2. The molecule has 0 unspecified atom stereocenters. The van der Waals surface area contributed by atoms with E-state index in [1.54, 1.807) is 31.4 Å². The van der Waals surface area contributed by atoms with Crippen LogP contribution in [0.25, 0.3) is 0 Å². The van der Waals surface area contributed by atoms with Gasteiger partial charge in [-0.2, -0.15) is 0 Å². The van der Waals surface area contributed by atoms with Crippen LogP contribution in [0.3, 0.4) is 0 Å². The number of anilines is 2. The van der Waals surface area contributed by atoms with E-state index in [1.807, 2.05) is 23.7 Å². The molecule has 3 rings (SSSR count). The fraction of sp³-hybridized carbons (Fsp3) is 0.211. The van der Waals surface area contributed by atoms with E-state index in [4.69, 9.17) is 4.74 Å². The molecule has 0 saturated carbocycles. The Morgan fingerprint density at radius 1 is 1.18 bits per heavy atom. The third-order valence-electron chi connectivity index (χ3n) is 3.93. The number of nitrogens with zero attached hydrogens (tertiary/aromatic N) is 3. The molecule has 0 radical (unpaired) electrons. The first kappa shape index (κ1) is 19.7. The first-order valence-corrected chi connectivity index (χ1v) is 9.48. The Morgan fingerprint density at radius 3 is 2.68 bits per heavy atom. The fourth-order valence-electron chi connectivity index (χ4n) is 2.44. The number of hydrogen-bond acceptors (Lipinski definition) is 6. The Bertz CT molecular complexity index is 946. The van der Waals surface area contributed by atoms with Gasteiger partial charge in [0.15, 0.2) is 11.0 Å². The molecule has 9 heteroatoms. The molecule has 1 aromatic heterocycles. The van der Waals surface area contributed by atoms with E-state index in [-0.39, 0.29) is 17.5 Å². The van der Waals surface area contributed by atoms with Crippen molar-refractivity contribution in [3.63, 3.8) is 0 Å². The van der Waals surface area contributed by atoms with Crippen LogP contribution in [0.5, 0.6) is 5.75 Å². The van der Waals surface area contributed by atoms with E-state index >= 15 is 0 Å². The number of para-hydroxylation sites is 2. The standard InChI is InChI=1S/C19H20FN5O2S/c1-25-17(11-21-14-9-7-13(20)8-10-14)23-24-19(25)28-12-18(26)22-15-5-3-4-6-16(15)27-2/h3-10,21H,11-12H2,1-2H3,(H,22,26). The predicted molar refractivity (Wildman–Crippen MR) is 107 cm³/mol. The third kappa shape index (κ3) is 5.01. The molecule has 0 aliphatic heterocycles. The minimum Gasteiger partial charge on any atom is -0.495 e. The number of aromatic nitrogens is 3. The Kier molecular flexibility index (Phi) is 6.49. The first-order chi connectivity index (χ1) is 13.6. The zero-order valence-corrected chi connectivity index (χ0v) is 16.3. The second-order valence-corrected chi connectivity index (χ2v) is 6.80. The number of nitrogens with one attached hydrogen (secondary N) is 2. The number of methoxy groups -OCH3 is 1. The Balaban J connectivity index is 1.53. The van der Waals surface area contributed by atoms with Crippen molar-refractivity contribution in [1.82, 2.24) is 14.8 Å². The molecule has 0 saturated heterocycles. The van der Waals surface area contributed by atoms with Crippen LogP contribution in [0, 0.1) is 5.82 Å². The lowest BCUT2D eigenvalue weighted by Crippen LogP contribution is -2.15. The van der Waals surface area contributed by atoms with E-state index in [9.17, 15) is 9.18 Å². The zero-order chi connectivity index (χ0) is 19.9. The lowest BCUT2D eigenvalue weighted by Gasteiger charge is -2.09. The lowest BCUT2D eigenvalue weighted by molar-refractivity contribution is -0.113. The summed E-state index contributed by atoms with van der Waals surface area (Å²) in [5.41, 5.74) is 1.41. The molecule has 28 heavy (non-hydrogen) atoms. The molecule has 0 fully saturated rings. The predicted octanol–water partition coefficient (Wildman–Crippen LogP) is 3.31. The van der Waals surface area contributed by atoms with Gasteiger partial charge in [-0.3, -0.25) is 4.79 Å². The fourth-order valence-corrected chi connectivity index (χ4v) is 3.17. The summed E-state index contributed by atoms with van der Waals surface area (Å²) in [5, 5.41) is 14.9. The highest BCUT2D eigenvalue weighted by Crippen LogP contribution is 2.24. The Hall–Kier alpha value is -3.07. The topological polar surface area (TPSA) is 81.1 Å². The molecule has 2 aromatic carbocycles. The lowest BCUT2D eigenvalue weighted by atomic mass is 10.3. The van der Waals surface area contributed by atoms with Crippen LogP contribution in [-0.2, 0) is 18.4 Å². The van der Waals surface area contributed by atoms with Crippen molar-refractivity contribution in [2.24, 2.45) is 7.05 Å². The summed E-state index contributed by atoms with van der Waals surface area (Å²) in [6.45, 7) is 0.434. The summed E-state index contributed by atoms with van der Waals surface area (Å²) < 4.78 is 20.0. The number of carbonyl (C=O) groups excluding carboxylic acids is 1. The molecule has 0 atom stereocenters. The van der Waals surface area contributed by atoms with Crippen molar-refractivity contribution in [2.75, 3.05) is 23.5 Å². The number of amides is 1. The zero-order valence-electron chi connectivity index (χ0n) is 15.5. The highest BCUT2D eigenvalue weighted by atomic mass is 32.2. The highest BCUT2D eigenvalue weighted by Gasteiger charge is 2.12. The summed E-state index contributed by atoms with van der Waals surface area (Å²) >= 11 is 1.29. The molecule has 1 amide bonds. The molecule has 0 bridgehead atoms. The van der Waals surface area contributed by atoms with E-state index in [0.29, 0.717) is 29.0 Å². The molecule has 0 spiro atoms. The van der Waals surface area contributed by atoms with Gasteiger partial charge < -0.3 is 19.9 Å². The van der Waals surface area contributed by atoms with Gasteiger partial charge in [-0.1, -0.05) is 23.9 Å². The van der Waals surface area contributed by atoms with Crippen LogP contribution in [0.2, 0.25) is 0 Å². The van der Waals surface area contributed by atoms with Gasteiger partial charge in [-0.15, -0.1) is 10.2 Å². The van der Waals surface area contributed by atoms with Crippen molar-refractivity contribution < 1.29 is 13.9 Å². The van der Waals surface area contributed by atoms with Crippen LogP contribution in [0.15, 0.2) is 53.7 Å². The van der Waals surface area contributed by atoms with Crippen molar-refractivity contribution in [3.05, 3.63) is 60.2 Å². The number of carbonyl (C=O) groups is 1. The number of thioether (sulfide) groups is 1. The number of hydrogen-bond donors (Lipinski definition) is 2. The Labute approximate surface area is 166 Å². The molecule has 146 valence electrons. The molecule has 2 N–H and O–H groups in total. The van der Waals surface area contributed by atoms with Crippen LogP contribution >= 0.6 is 11.8 Å². The number of benzene rings is 2. The van der Waals surface area contributed by atoms with Crippen LogP contribution in [0.1, 0.15) is 5.82 Å². The van der Waals surface area contributed by atoms with Gasteiger partial charge in [0, 0.05) is 12.7 Å². The van der Waals surface area contributed by atoms with E-state index < -0.39 is 0 Å². The van der Waals surface area contributed by atoms with E-state index in [0.717, 1.165) is 5.69 Å². The smallest absolute Gasteiger partial charge is 0.234 e. The molecule has 3 aromatic rings. The average Bonchev–Trinajstić information content (AvgIpc) is 3.06. The van der Waals surface area contributed by atoms with Crippen LogP contribution in [0.4, 0.5) is 15.8 Å².